The van der Waals surface area contributed by atoms with Gasteiger partial charge in [0.15, 0.2) is 0 Å². The van der Waals surface area contributed by atoms with E-state index in [1.54, 1.807) is 24.1 Å². The van der Waals surface area contributed by atoms with Crippen LogP contribution in [0.3, 0.4) is 0 Å². The predicted octanol–water partition coefficient (Wildman–Crippen LogP) is 1.37. The normalized spacial score (nSPS) is 10.3. The van der Waals surface area contributed by atoms with E-state index in [0.29, 0.717) is 12.1 Å². The molecule has 2 rings (SSSR count). The highest BCUT2D eigenvalue weighted by atomic mass is 16.2. The van der Waals surface area contributed by atoms with Gasteiger partial charge in [-0.05, 0) is 34.9 Å². The standard InChI is InChI=1S/C17H19N3O2/c1-20(16(21)10-18)11-12-3-2-4-15(9-12)13-5-7-14(8-6-13)17(19)22/h2-9H,10-11,18H2,1H3,(H2,19,22). The van der Waals surface area contributed by atoms with Crippen LogP contribution in [-0.2, 0) is 11.3 Å². The summed E-state index contributed by atoms with van der Waals surface area (Å²) in [6, 6.07) is 15.0. The highest BCUT2D eigenvalue weighted by Gasteiger charge is 2.08. The van der Waals surface area contributed by atoms with Crippen molar-refractivity contribution in [2.24, 2.45) is 11.5 Å². The molecule has 0 spiro atoms. The lowest BCUT2D eigenvalue weighted by atomic mass is 10.0. The summed E-state index contributed by atoms with van der Waals surface area (Å²) in [5.41, 5.74) is 14.1. The highest BCUT2D eigenvalue weighted by Crippen LogP contribution is 2.21. The molecule has 22 heavy (non-hydrogen) atoms. The van der Waals surface area contributed by atoms with Crippen LogP contribution in [0.25, 0.3) is 11.1 Å². The number of carbonyl (C=O) groups is 2. The largest absolute Gasteiger partial charge is 0.366 e. The van der Waals surface area contributed by atoms with Gasteiger partial charge in [-0.2, -0.15) is 0 Å². The summed E-state index contributed by atoms with van der Waals surface area (Å²) in [5.74, 6) is -0.543. The molecule has 0 atom stereocenters. The molecular weight excluding hydrogens is 278 g/mol. The van der Waals surface area contributed by atoms with Gasteiger partial charge in [0.1, 0.15) is 0 Å². The van der Waals surface area contributed by atoms with Crippen molar-refractivity contribution in [1.29, 1.82) is 0 Å². The molecule has 114 valence electrons. The van der Waals surface area contributed by atoms with Crippen molar-refractivity contribution >= 4 is 11.8 Å². The van der Waals surface area contributed by atoms with E-state index in [9.17, 15) is 9.59 Å². The zero-order valence-electron chi connectivity index (χ0n) is 12.5. The van der Waals surface area contributed by atoms with Crippen molar-refractivity contribution in [3.8, 4) is 11.1 Å². The van der Waals surface area contributed by atoms with Crippen molar-refractivity contribution in [2.45, 2.75) is 6.54 Å². The third-order valence-corrected chi connectivity index (χ3v) is 3.45. The Morgan fingerprint density at radius 3 is 2.32 bits per heavy atom. The Kier molecular flexibility index (Phi) is 4.91. The van der Waals surface area contributed by atoms with Crippen molar-refractivity contribution in [1.82, 2.24) is 4.90 Å². The fourth-order valence-corrected chi connectivity index (χ4v) is 2.19. The number of hydrogen-bond acceptors (Lipinski definition) is 3. The third kappa shape index (κ3) is 3.71. The number of benzene rings is 2. The molecule has 4 N–H and O–H groups in total. The summed E-state index contributed by atoms with van der Waals surface area (Å²) >= 11 is 0. The quantitative estimate of drug-likeness (QED) is 0.873. The molecule has 2 aromatic carbocycles. The maximum atomic E-state index is 11.5. The molecule has 0 saturated heterocycles. The summed E-state index contributed by atoms with van der Waals surface area (Å²) in [6.07, 6.45) is 0. The minimum atomic E-state index is -0.442. The van der Waals surface area contributed by atoms with Crippen molar-refractivity contribution in [3.63, 3.8) is 0 Å². The summed E-state index contributed by atoms with van der Waals surface area (Å²) in [6.45, 7) is 0.508. The van der Waals surface area contributed by atoms with Crippen LogP contribution in [0.1, 0.15) is 15.9 Å². The Balaban J connectivity index is 2.20. The maximum Gasteiger partial charge on any atom is 0.248 e. The van der Waals surface area contributed by atoms with Crippen molar-refractivity contribution < 1.29 is 9.59 Å². The fraction of sp³-hybridized carbons (Fsp3) is 0.176. The lowest BCUT2D eigenvalue weighted by molar-refractivity contribution is -0.128. The number of hydrogen-bond donors (Lipinski definition) is 2. The van der Waals surface area contributed by atoms with Crippen molar-refractivity contribution in [3.05, 3.63) is 59.7 Å². The van der Waals surface area contributed by atoms with Crippen LogP contribution in [0.5, 0.6) is 0 Å². The van der Waals surface area contributed by atoms with Gasteiger partial charge in [0.25, 0.3) is 0 Å². The number of rotatable bonds is 5. The van der Waals surface area contributed by atoms with E-state index in [-0.39, 0.29) is 12.5 Å². The second-order valence-corrected chi connectivity index (χ2v) is 5.10. The molecule has 0 bridgehead atoms. The van der Waals surface area contributed by atoms with E-state index >= 15 is 0 Å². The molecule has 2 amide bonds. The van der Waals surface area contributed by atoms with Crippen LogP contribution >= 0.6 is 0 Å². The number of likely N-dealkylation sites (N-methyl/N-ethyl adjacent to an activating group) is 1. The highest BCUT2D eigenvalue weighted by molar-refractivity contribution is 5.93. The van der Waals surface area contributed by atoms with Gasteiger partial charge in [0.05, 0.1) is 6.54 Å². The molecule has 0 fully saturated rings. The Hall–Kier alpha value is -2.66. The monoisotopic (exact) mass is 297 g/mol. The lowest BCUT2D eigenvalue weighted by Crippen LogP contribution is -2.32. The molecule has 0 saturated carbocycles. The van der Waals surface area contributed by atoms with E-state index in [1.165, 1.54) is 0 Å². The van der Waals surface area contributed by atoms with Gasteiger partial charge in [-0.15, -0.1) is 0 Å². The van der Waals surface area contributed by atoms with Crippen molar-refractivity contribution in [2.75, 3.05) is 13.6 Å². The molecule has 0 aliphatic rings. The van der Waals surface area contributed by atoms with Crippen LogP contribution in [0.4, 0.5) is 0 Å². The molecule has 0 radical (unpaired) electrons. The Labute approximate surface area is 129 Å². The molecule has 0 aliphatic carbocycles. The lowest BCUT2D eigenvalue weighted by Gasteiger charge is -2.16. The molecule has 0 unspecified atom stereocenters. The van der Waals surface area contributed by atoms with Gasteiger partial charge in [-0.1, -0.05) is 30.3 Å². The van der Waals surface area contributed by atoms with Gasteiger partial charge >= 0.3 is 0 Å². The number of carbonyl (C=O) groups excluding carboxylic acids is 2. The van der Waals surface area contributed by atoms with Gasteiger partial charge in [0, 0.05) is 19.2 Å². The third-order valence-electron chi connectivity index (χ3n) is 3.45. The number of nitrogens with zero attached hydrogens (tertiary/aromatic N) is 1. The van der Waals surface area contributed by atoms with Crippen LogP contribution in [0.15, 0.2) is 48.5 Å². The van der Waals surface area contributed by atoms with Gasteiger partial charge in [0.2, 0.25) is 11.8 Å². The van der Waals surface area contributed by atoms with E-state index in [1.807, 2.05) is 36.4 Å². The minimum Gasteiger partial charge on any atom is -0.366 e. The number of nitrogens with two attached hydrogens (primary N) is 2. The maximum absolute atomic E-state index is 11.5. The fourth-order valence-electron chi connectivity index (χ4n) is 2.19. The van der Waals surface area contributed by atoms with Crippen LogP contribution in [-0.4, -0.2) is 30.3 Å². The van der Waals surface area contributed by atoms with E-state index in [0.717, 1.165) is 16.7 Å². The first kappa shape index (κ1) is 15.7. The molecule has 0 heterocycles. The first-order valence-electron chi connectivity index (χ1n) is 6.94. The van der Waals surface area contributed by atoms with E-state index < -0.39 is 5.91 Å². The topological polar surface area (TPSA) is 89.4 Å². The van der Waals surface area contributed by atoms with E-state index in [2.05, 4.69) is 0 Å². The summed E-state index contributed by atoms with van der Waals surface area (Å²) < 4.78 is 0. The summed E-state index contributed by atoms with van der Waals surface area (Å²) in [7, 11) is 1.73. The van der Waals surface area contributed by atoms with Crippen LogP contribution in [0, 0.1) is 0 Å². The SMILES string of the molecule is CN(Cc1cccc(-c2ccc(C(N)=O)cc2)c1)C(=O)CN. The predicted molar refractivity (Wildman–Crippen MR) is 85.9 cm³/mol. The molecule has 0 aromatic heterocycles. The molecule has 0 aliphatic heterocycles. The Bertz CT molecular complexity index is 681. The average molecular weight is 297 g/mol. The summed E-state index contributed by atoms with van der Waals surface area (Å²) in [4.78, 5) is 24.2. The Morgan fingerprint density at radius 2 is 1.73 bits per heavy atom. The molecule has 5 nitrogen and oxygen atoms in total. The minimum absolute atomic E-state index is 0.00473. The number of amides is 2. The average Bonchev–Trinajstić information content (AvgIpc) is 2.54. The van der Waals surface area contributed by atoms with Gasteiger partial charge in [-0.25, -0.2) is 0 Å². The molecule has 2 aromatic rings. The Morgan fingerprint density at radius 1 is 1.05 bits per heavy atom. The number of primary amides is 1. The zero-order chi connectivity index (χ0) is 16.1. The van der Waals surface area contributed by atoms with Crippen LogP contribution < -0.4 is 11.5 Å². The second-order valence-electron chi connectivity index (χ2n) is 5.10. The second kappa shape index (κ2) is 6.87. The molecule has 5 heteroatoms. The van der Waals surface area contributed by atoms with Gasteiger partial charge < -0.3 is 16.4 Å². The summed E-state index contributed by atoms with van der Waals surface area (Å²) in [5, 5.41) is 0. The van der Waals surface area contributed by atoms with Crippen LogP contribution in [0.2, 0.25) is 0 Å². The van der Waals surface area contributed by atoms with E-state index in [4.69, 9.17) is 11.5 Å². The van der Waals surface area contributed by atoms with Gasteiger partial charge in [-0.3, -0.25) is 9.59 Å². The first-order chi connectivity index (χ1) is 10.5. The zero-order valence-corrected chi connectivity index (χ0v) is 12.5. The first-order valence-corrected chi connectivity index (χ1v) is 6.94. The molecular formula is C17H19N3O2. The smallest absolute Gasteiger partial charge is 0.248 e.